The van der Waals surface area contributed by atoms with E-state index in [9.17, 15) is 14.4 Å². The van der Waals surface area contributed by atoms with Crippen LogP contribution in [0.25, 0.3) is 0 Å². The molecule has 0 aliphatic rings. The summed E-state index contributed by atoms with van der Waals surface area (Å²) in [5, 5.41) is 0. The zero-order valence-electron chi connectivity index (χ0n) is 41.3. The second-order valence-corrected chi connectivity index (χ2v) is 17.5. The lowest BCUT2D eigenvalue weighted by atomic mass is 10.0. The van der Waals surface area contributed by atoms with E-state index in [0.717, 1.165) is 116 Å². The summed E-state index contributed by atoms with van der Waals surface area (Å²) in [4.78, 5) is 38.0. The summed E-state index contributed by atoms with van der Waals surface area (Å²) in [5.41, 5.74) is 0. The fraction of sp³-hybridized carbons (Fsp3) is 0.737. The van der Waals surface area contributed by atoms with Crippen LogP contribution in [0, 0.1) is 0 Å². The van der Waals surface area contributed by atoms with E-state index in [-0.39, 0.29) is 31.1 Å². The molecule has 6 heteroatoms. The van der Waals surface area contributed by atoms with Crippen molar-refractivity contribution in [3.05, 3.63) is 72.9 Å². The first-order valence-corrected chi connectivity index (χ1v) is 26.5. The Morgan fingerprint density at radius 2 is 0.683 bits per heavy atom. The molecule has 362 valence electrons. The van der Waals surface area contributed by atoms with E-state index < -0.39 is 6.10 Å². The van der Waals surface area contributed by atoms with Crippen LogP contribution in [0.3, 0.4) is 0 Å². The molecule has 0 N–H and O–H groups in total. The second-order valence-electron chi connectivity index (χ2n) is 17.5. The molecule has 0 aromatic rings. The van der Waals surface area contributed by atoms with Crippen LogP contribution >= 0.6 is 0 Å². The predicted molar refractivity (Wildman–Crippen MR) is 270 cm³/mol. The Balaban J connectivity index is 4.42. The number of allylic oxidation sites excluding steroid dienone is 12. The molecule has 0 amide bonds. The maximum atomic E-state index is 12.8. The van der Waals surface area contributed by atoms with Crippen molar-refractivity contribution in [2.75, 3.05) is 13.2 Å². The van der Waals surface area contributed by atoms with Crippen LogP contribution in [0.15, 0.2) is 72.9 Å². The number of unbranched alkanes of at least 4 members (excludes halogenated alkanes) is 27. The number of esters is 3. The van der Waals surface area contributed by atoms with E-state index in [2.05, 4.69) is 93.7 Å². The van der Waals surface area contributed by atoms with Crippen LogP contribution < -0.4 is 0 Å². The fourth-order valence-corrected chi connectivity index (χ4v) is 7.32. The van der Waals surface area contributed by atoms with Gasteiger partial charge in [-0.25, -0.2) is 0 Å². The van der Waals surface area contributed by atoms with Crippen molar-refractivity contribution in [2.24, 2.45) is 0 Å². The number of ether oxygens (including phenoxy) is 3. The molecule has 1 atom stereocenters. The first kappa shape index (κ1) is 59.9. The van der Waals surface area contributed by atoms with Crippen LogP contribution in [-0.4, -0.2) is 37.2 Å². The Morgan fingerprint density at radius 1 is 0.349 bits per heavy atom. The lowest BCUT2D eigenvalue weighted by Crippen LogP contribution is -2.30. The highest BCUT2D eigenvalue weighted by molar-refractivity contribution is 5.71. The largest absolute Gasteiger partial charge is 0.462 e. The number of rotatable bonds is 47. The Labute approximate surface area is 389 Å². The van der Waals surface area contributed by atoms with E-state index in [1.807, 2.05) is 0 Å². The SMILES string of the molecule is CC/C=C\C/C=C\CCCCCCCC(=O)OCC(COC(=O)CCCCCCC\C=C/C=C\C=C/C=C\CCCCC)OC(=O)CCCCCCCCCCCCCCCCC. The molecule has 0 aromatic heterocycles. The highest BCUT2D eigenvalue weighted by atomic mass is 16.6. The van der Waals surface area contributed by atoms with Crippen LogP contribution in [0.2, 0.25) is 0 Å². The van der Waals surface area contributed by atoms with Crippen molar-refractivity contribution in [2.45, 2.75) is 258 Å². The Bertz CT molecular complexity index is 1190. The molecule has 6 nitrogen and oxygen atoms in total. The first-order chi connectivity index (χ1) is 31.0. The molecule has 0 bridgehead atoms. The van der Waals surface area contributed by atoms with E-state index in [1.165, 1.54) is 96.3 Å². The van der Waals surface area contributed by atoms with Gasteiger partial charge in [0, 0.05) is 19.3 Å². The summed E-state index contributed by atoms with van der Waals surface area (Å²) in [6, 6.07) is 0. The van der Waals surface area contributed by atoms with Gasteiger partial charge in [0.25, 0.3) is 0 Å². The van der Waals surface area contributed by atoms with Crippen molar-refractivity contribution in [1.82, 2.24) is 0 Å². The molecule has 0 spiro atoms. The van der Waals surface area contributed by atoms with Crippen LogP contribution in [0.5, 0.6) is 0 Å². The number of hydrogen-bond acceptors (Lipinski definition) is 6. The van der Waals surface area contributed by atoms with Crippen LogP contribution in [-0.2, 0) is 28.6 Å². The standard InChI is InChI=1S/C57H98O6/c1-4-7-10-13-16-19-22-25-27-28-29-31-32-35-38-41-44-47-50-56(59)62-53-54(52-61-55(58)49-46-43-40-37-34-24-21-18-15-12-9-6-3)63-57(60)51-48-45-42-39-36-33-30-26-23-20-17-14-11-8-5-2/h9,12,16,18-19,21-22,25,27-29,31,54H,4-8,10-11,13-15,17,20,23-24,26,30,32-53H2,1-3H3/b12-9-,19-16-,21-18-,25-22-,28-27-,31-29-. The summed E-state index contributed by atoms with van der Waals surface area (Å²) >= 11 is 0. The predicted octanol–water partition coefficient (Wildman–Crippen LogP) is 17.4. The van der Waals surface area contributed by atoms with Gasteiger partial charge in [-0.05, 0) is 70.6 Å². The number of carbonyl (C=O) groups excluding carboxylic acids is 3. The fourth-order valence-electron chi connectivity index (χ4n) is 7.32. The average Bonchev–Trinajstić information content (AvgIpc) is 3.28. The number of carbonyl (C=O) groups is 3. The van der Waals surface area contributed by atoms with Gasteiger partial charge in [-0.2, -0.15) is 0 Å². The van der Waals surface area contributed by atoms with Crippen LogP contribution in [0.1, 0.15) is 252 Å². The third-order valence-corrected chi connectivity index (χ3v) is 11.3. The topological polar surface area (TPSA) is 78.9 Å². The maximum absolute atomic E-state index is 12.8. The molecule has 0 saturated carbocycles. The first-order valence-electron chi connectivity index (χ1n) is 26.5. The minimum atomic E-state index is -0.789. The minimum Gasteiger partial charge on any atom is -0.462 e. The molecule has 0 aliphatic heterocycles. The van der Waals surface area contributed by atoms with Crippen molar-refractivity contribution in [1.29, 1.82) is 0 Å². The van der Waals surface area contributed by atoms with Crippen molar-refractivity contribution < 1.29 is 28.6 Å². The highest BCUT2D eigenvalue weighted by Crippen LogP contribution is 2.15. The second kappa shape index (κ2) is 51.5. The number of hydrogen-bond donors (Lipinski definition) is 0. The summed E-state index contributed by atoms with van der Waals surface area (Å²) in [6.07, 6.45) is 64.5. The van der Waals surface area contributed by atoms with Gasteiger partial charge >= 0.3 is 17.9 Å². The van der Waals surface area contributed by atoms with E-state index >= 15 is 0 Å². The smallest absolute Gasteiger partial charge is 0.306 e. The van der Waals surface area contributed by atoms with Crippen molar-refractivity contribution in [3.8, 4) is 0 Å². The quantitative estimate of drug-likeness (QED) is 0.0199. The van der Waals surface area contributed by atoms with Crippen molar-refractivity contribution >= 4 is 17.9 Å². The maximum Gasteiger partial charge on any atom is 0.306 e. The Hall–Kier alpha value is -3.15. The average molecular weight is 879 g/mol. The van der Waals surface area contributed by atoms with E-state index in [0.29, 0.717) is 19.3 Å². The molecule has 0 aliphatic carbocycles. The molecule has 0 rings (SSSR count). The van der Waals surface area contributed by atoms with Gasteiger partial charge in [0.1, 0.15) is 13.2 Å². The molecular weight excluding hydrogens is 781 g/mol. The molecule has 0 radical (unpaired) electrons. The zero-order chi connectivity index (χ0) is 45.8. The van der Waals surface area contributed by atoms with Gasteiger partial charge in [0.2, 0.25) is 0 Å². The molecule has 63 heavy (non-hydrogen) atoms. The molecular formula is C57H98O6. The van der Waals surface area contributed by atoms with Crippen molar-refractivity contribution in [3.63, 3.8) is 0 Å². The Kier molecular flexibility index (Phi) is 48.9. The zero-order valence-corrected chi connectivity index (χ0v) is 41.3. The van der Waals surface area contributed by atoms with Gasteiger partial charge in [0.15, 0.2) is 6.10 Å². The molecule has 1 unspecified atom stereocenters. The lowest BCUT2D eigenvalue weighted by Gasteiger charge is -2.18. The minimum absolute atomic E-state index is 0.0893. The van der Waals surface area contributed by atoms with Gasteiger partial charge in [0.05, 0.1) is 0 Å². The summed E-state index contributed by atoms with van der Waals surface area (Å²) < 4.78 is 16.8. The summed E-state index contributed by atoms with van der Waals surface area (Å²) in [5.74, 6) is -0.921. The third kappa shape index (κ3) is 49.7. The van der Waals surface area contributed by atoms with E-state index in [4.69, 9.17) is 14.2 Å². The lowest BCUT2D eigenvalue weighted by molar-refractivity contribution is -0.167. The summed E-state index contributed by atoms with van der Waals surface area (Å²) in [7, 11) is 0. The van der Waals surface area contributed by atoms with Crippen LogP contribution in [0.4, 0.5) is 0 Å². The summed E-state index contributed by atoms with van der Waals surface area (Å²) in [6.45, 7) is 6.47. The van der Waals surface area contributed by atoms with E-state index in [1.54, 1.807) is 0 Å². The van der Waals surface area contributed by atoms with Gasteiger partial charge in [-0.15, -0.1) is 0 Å². The molecule has 0 saturated heterocycles. The van der Waals surface area contributed by atoms with Gasteiger partial charge < -0.3 is 14.2 Å². The Morgan fingerprint density at radius 3 is 1.13 bits per heavy atom. The van der Waals surface area contributed by atoms with Gasteiger partial charge in [-0.1, -0.05) is 235 Å². The molecule has 0 fully saturated rings. The monoisotopic (exact) mass is 879 g/mol. The normalized spacial score (nSPS) is 12.6. The highest BCUT2D eigenvalue weighted by Gasteiger charge is 2.19. The molecule has 0 aromatic carbocycles. The third-order valence-electron chi connectivity index (χ3n) is 11.3. The molecule has 0 heterocycles. The van der Waals surface area contributed by atoms with Gasteiger partial charge in [-0.3, -0.25) is 14.4 Å².